The van der Waals surface area contributed by atoms with Crippen molar-refractivity contribution in [2.75, 3.05) is 12.4 Å². The molecule has 0 saturated carbocycles. The van der Waals surface area contributed by atoms with Gasteiger partial charge in [-0.1, -0.05) is 19.9 Å². The minimum atomic E-state index is 0.251. The van der Waals surface area contributed by atoms with Crippen LogP contribution in [0.1, 0.15) is 42.3 Å². The smallest absolute Gasteiger partial charge is 0.224 e. The number of anilines is 1. The molecule has 1 N–H and O–H groups in total. The maximum absolute atomic E-state index is 6.01. The fourth-order valence-electron chi connectivity index (χ4n) is 2.10. The molecular formula is C17H23N3O. The molecule has 2 rings (SSSR count). The second-order valence-electron chi connectivity index (χ2n) is 5.66. The van der Waals surface area contributed by atoms with Crippen molar-refractivity contribution >= 4 is 5.82 Å². The standard InChI is InChI=1S/C17H23N3O/c1-10(2)17-19-15(18-6)9-16(20-17)21-14-8-11(3)7-12(4)13(14)5/h7-10H,1-6H3,(H,18,19,20). The summed E-state index contributed by atoms with van der Waals surface area (Å²) in [5.41, 5.74) is 3.54. The lowest BCUT2D eigenvalue weighted by atomic mass is 10.1. The van der Waals surface area contributed by atoms with Gasteiger partial charge in [0.2, 0.25) is 5.88 Å². The molecule has 112 valence electrons. The van der Waals surface area contributed by atoms with E-state index in [2.05, 4.69) is 56.0 Å². The van der Waals surface area contributed by atoms with Gasteiger partial charge in [-0.15, -0.1) is 0 Å². The van der Waals surface area contributed by atoms with Gasteiger partial charge in [0.25, 0.3) is 0 Å². The molecule has 0 fully saturated rings. The molecule has 0 atom stereocenters. The summed E-state index contributed by atoms with van der Waals surface area (Å²) in [5.74, 6) is 3.22. The number of aryl methyl sites for hydroxylation is 2. The number of hydrogen-bond donors (Lipinski definition) is 1. The Hall–Kier alpha value is -2.10. The molecular weight excluding hydrogens is 262 g/mol. The van der Waals surface area contributed by atoms with Crippen LogP contribution in [0.15, 0.2) is 18.2 Å². The molecule has 1 heterocycles. The van der Waals surface area contributed by atoms with Crippen molar-refractivity contribution in [2.24, 2.45) is 0 Å². The quantitative estimate of drug-likeness (QED) is 0.906. The van der Waals surface area contributed by atoms with E-state index in [9.17, 15) is 0 Å². The average Bonchev–Trinajstić information content (AvgIpc) is 2.43. The first-order chi connectivity index (χ1) is 9.90. The minimum absolute atomic E-state index is 0.251. The fraction of sp³-hybridized carbons (Fsp3) is 0.412. The summed E-state index contributed by atoms with van der Waals surface area (Å²) in [6, 6.07) is 6.02. The van der Waals surface area contributed by atoms with Gasteiger partial charge < -0.3 is 10.1 Å². The minimum Gasteiger partial charge on any atom is -0.439 e. The zero-order valence-corrected chi connectivity index (χ0v) is 13.6. The summed E-state index contributed by atoms with van der Waals surface area (Å²) >= 11 is 0. The van der Waals surface area contributed by atoms with Gasteiger partial charge in [0.1, 0.15) is 17.4 Å². The van der Waals surface area contributed by atoms with Crippen molar-refractivity contribution in [1.29, 1.82) is 0 Å². The summed E-state index contributed by atoms with van der Waals surface area (Å²) in [5, 5.41) is 3.05. The highest BCUT2D eigenvalue weighted by molar-refractivity contribution is 5.45. The lowest BCUT2D eigenvalue weighted by molar-refractivity contribution is 0.453. The molecule has 0 bridgehead atoms. The molecule has 4 heteroatoms. The predicted octanol–water partition coefficient (Wildman–Crippen LogP) is 4.36. The summed E-state index contributed by atoms with van der Waals surface area (Å²) in [6.07, 6.45) is 0. The average molecular weight is 285 g/mol. The van der Waals surface area contributed by atoms with E-state index in [0.717, 1.165) is 23.0 Å². The van der Waals surface area contributed by atoms with Crippen LogP contribution in [0.25, 0.3) is 0 Å². The topological polar surface area (TPSA) is 47.0 Å². The summed E-state index contributed by atoms with van der Waals surface area (Å²) in [7, 11) is 1.85. The first-order valence-electron chi connectivity index (χ1n) is 7.23. The van der Waals surface area contributed by atoms with E-state index in [1.165, 1.54) is 11.1 Å². The molecule has 0 unspecified atom stereocenters. The van der Waals surface area contributed by atoms with Gasteiger partial charge >= 0.3 is 0 Å². The largest absolute Gasteiger partial charge is 0.439 e. The van der Waals surface area contributed by atoms with Crippen molar-refractivity contribution in [1.82, 2.24) is 9.97 Å². The first kappa shape index (κ1) is 15.3. The molecule has 2 aromatic rings. The third-order valence-electron chi connectivity index (χ3n) is 3.47. The second-order valence-corrected chi connectivity index (χ2v) is 5.66. The highest BCUT2D eigenvalue weighted by Gasteiger charge is 2.11. The first-order valence-corrected chi connectivity index (χ1v) is 7.23. The third kappa shape index (κ3) is 3.51. The van der Waals surface area contributed by atoms with Gasteiger partial charge in [-0.05, 0) is 43.5 Å². The Morgan fingerprint density at radius 1 is 1.05 bits per heavy atom. The highest BCUT2D eigenvalue weighted by Crippen LogP contribution is 2.29. The molecule has 4 nitrogen and oxygen atoms in total. The number of nitrogens with one attached hydrogen (secondary N) is 1. The van der Waals surface area contributed by atoms with E-state index in [1.807, 2.05) is 19.2 Å². The van der Waals surface area contributed by atoms with Crippen LogP contribution in [0.2, 0.25) is 0 Å². The zero-order valence-electron chi connectivity index (χ0n) is 13.6. The number of rotatable bonds is 4. The van der Waals surface area contributed by atoms with E-state index in [1.54, 1.807) is 0 Å². The maximum atomic E-state index is 6.01. The maximum Gasteiger partial charge on any atom is 0.224 e. The van der Waals surface area contributed by atoms with Gasteiger partial charge in [0, 0.05) is 19.0 Å². The molecule has 21 heavy (non-hydrogen) atoms. The van der Waals surface area contributed by atoms with E-state index in [4.69, 9.17) is 4.74 Å². The zero-order chi connectivity index (χ0) is 15.6. The van der Waals surface area contributed by atoms with Gasteiger partial charge in [-0.3, -0.25) is 0 Å². The molecule has 1 aromatic heterocycles. The van der Waals surface area contributed by atoms with Crippen LogP contribution in [0.3, 0.4) is 0 Å². The van der Waals surface area contributed by atoms with Crippen molar-refractivity contribution < 1.29 is 4.74 Å². The van der Waals surface area contributed by atoms with Crippen LogP contribution in [-0.2, 0) is 0 Å². The molecule has 0 aliphatic carbocycles. The van der Waals surface area contributed by atoms with Crippen molar-refractivity contribution in [3.8, 4) is 11.6 Å². The van der Waals surface area contributed by atoms with Crippen LogP contribution < -0.4 is 10.1 Å². The Kier molecular flexibility index (Phi) is 4.46. The fourth-order valence-corrected chi connectivity index (χ4v) is 2.10. The van der Waals surface area contributed by atoms with Crippen molar-refractivity contribution in [2.45, 2.75) is 40.5 Å². The summed E-state index contributed by atoms with van der Waals surface area (Å²) < 4.78 is 6.01. The van der Waals surface area contributed by atoms with Crippen LogP contribution in [-0.4, -0.2) is 17.0 Å². The summed E-state index contributed by atoms with van der Waals surface area (Å²) in [6.45, 7) is 10.4. The van der Waals surface area contributed by atoms with E-state index in [0.29, 0.717) is 5.88 Å². The van der Waals surface area contributed by atoms with Crippen LogP contribution in [0.5, 0.6) is 11.6 Å². The normalized spacial score (nSPS) is 10.8. The lowest BCUT2D eigenvalue weighted by Gasteiger charge is -2.14. The van der Waals surface area contributed by atoms with Crippen molar-refractivity contribution in [3.05, 3.63) is 40.7 Å². The SMILES string of the molecule is CNc1cc(Oc2cc(C)cc(C)c2C)nc(C(C)C)n1. The molecule has 1 aromatic carbocycles. The molecule has 0 aliphatic heterocycles. The van der Waals surface area contributed by atoms with Gasteiger partial charge in [0.05, 0.1) is 0 Å². The number of hydrogen-bond acceptors (Lipinski definition) is 4. The highest BCUT2D eigenvalue weighted by atomic mass is 16.5. The number of benzene rings is 1. The Morgan fingerprint density at radius 2 is 1.76 bits per heavy atom. The number of aromatic nitrogens is 2. The van der Waals surface area contributed by atoms with E-state index < -0.39 is 0 Å². The van der Waals surface area contributed by atoms with Gasteiger partial charge in [-0.2, -0.15) is 4.98 Å². The van der Waals surface area contributed by atoms with Crippen molar-refractivity contribution in [3.63, 3.8) is 0 Å². The Balaban J connectivity index is 2.41. The molecule has 0 aliphatic rings. The molecule has 0 radical (unpaired) electrons. The molecule has 0 spiro atoms. The number of ether oxygens (including phenoxy) is 1. The van der Waals surface area contributed by atoms with Crippen LogP contribution >= 0.6 is 0 Å². The number of nitrogens with zero attached hydrogens (tertiary/aromatic N) is 2. The van der Waals surface area contributed by atoms with Crippen LogP contribution in [0, 0.1) is 20.8 Å². The van der Waals surface area contributed by atoms with E-state index in [-0.39, 0.29) is 5.92 Å². The van der Waals surface area contributed by atoms with E-state index >= 15 is 0 Å². The predicted molar refractivity (Wildman–Crippen MR) is 86.4 cm³/mol. The summed E-state index contributed by atoms with van der Waals surface area (Å²) in [4.78, 5) is 8.95. The monoisotopic (exact) mass is 285 g/mol. The Morgan fingerprint density at radius 3 is 2.38 bits per heavy atom. The van der Waals surface area contributed by atoms with Gasteiger partial charge in [0.15, 0.2) is 0 Å². The third-order valence-corrected chi connectivity index (χ3v) is 3.47. The Labute approximate surface area is 126 Å². The second kappa shape index (κ2) is 6.12. The lowest BCUT2D eigenvalue weighted by Crippen LogP contribution is -2.04. The van der Waals surface area contributed by atoms with Gasteiger partial charge in [-0.25, -0.2) is 4.98 Å². The van der Waals surface area contributed by atoms with Crippen LogP contribution in [0.4, 0.5) is 5.82 Å². The molecule has 0 saturated heterocycles. The molecule has 0 amide bonds. The Bertz CT molecular complexity index is 651.